The van der Waals surface area contributed by atoms with Crippen molar-refractivity contribution in [3.8, 4) is 0 Å². The van der Waals surface area contributed by atoms with Crippen LogP contribution in [0.3, 0.4) is 0 Å². The summed E-state index contributed by atoms with van der Waals surface area (Å²) in [5.74, 6) is 0. The molecular formula is C14H14N4O3. The summed E-state index contributed by atoms with van der Waals surface area (Å²) in [5, 5.41) is 31.3. The van der Waals surface area contributed by atoms with Gasteiger partial charge in [0.25, 0.3) is 5.66 Å². The van der Waals surface area contributed by atoms with Gasteiger partial charge >= 0.3 is 0 Å². The molecule has 3 N–H and O–H groups in total. The molecular weight excluding hydrogens is 272 g/mol. The Morgan fingerprint density at radius 1 is 1.29 bits per heavy atom. The monoisotopic (exact) mass is 286 g/mol. The molecule has 7 heteroatoms. The molecule has 0 unspecified atom stereocenters. The van der Waals surface area contributed by atoms with Crippen LogP contribution in [0.1, 0.15) is 29.8 Å². The molecule has 0 radical (unpaired) electrons. The Balaban J connectivity index is 1.89. The molecule has 1 aromatic heterocycles. The minimum absolute atomic E-state index is 0.0955. The maximum Gasteiger partial charge on any atom is 0.260 e. The molecule has 1 aliphatic heterocycles. The van der Waals surface area contributed by atoms with Crippen molar-refractivity contribution in [2.75, 3.05) is 0 Å². The van der Waals surface area contributed by atoms with Crippen LogP contribution < -0.4 is 5.73 Å². The molecule has 21 heavy (non-hydrogen) atoms. The zero-order chi connectivity index (χ0) is 14.7. The van der Waals surface area contributed by atoms with Crippen LogP contribution in [0.25, 0.3) is 0 Å². The standard InChI is InChI=1S/C14H14N4O3/c15-14-7-6-10-12(17-21-16-10)13(14,19)8-11(18(14)20)9-4-2-1-3-5-9/h1-5,19H,6-8,15H2/t13-,14+/m1/s1. The second-order valence-corrected chi connectivity index (χ2v) is 5.63. The Kier molecular flexibility index (Phi) is 2.32. The van der Waals surface area contributed by atoms with Crippen molar-refractivity contribution in [2.24, 2.45) is 5.73 Å². The Morgan fingerprint density at radius 3 is 2.81 bits per heavy atom. The Morgan fingerprint density at radius 2 is 2.05 bits per heavy atom. The number of nitrogens with zero attached hydrogens (tertiary/aromatic N) is 3. The number of aliphatic hydroxyl groups is 1. The highest BCUT2D eigenvalue weighted by Crippen LogP contribution is 2.47. The van der Waals surface area contributed by atoms with Crippen LogP contribution in [0.4, 0.5) is 0 Å². The first-order chi connectivity index (χ1) is 10.1. The summed E-state index contributed by atoms with van der Waals surface area (Å²) in [5.41, 5.74) is 5.31. The third-order valence-corrected chi connectivity index (χ3v) is 4.55. The molecule has 0 saturated carbocycles. The minimum Gasteiger partial charge on any atom is -0.622 e. The Bertz CT molecular complexity index is 742. The molecule has 4 rings (SSSR count). The van der Waals surface area contributed by atoms with Crippen molar-refractivity contribution < 1.29 is 14.5 Å². The zero-order valence-corrected chi connectivity index (χ0v) is 11.2. The van der Waals surface area contributed by atoms with Gasteiger partial charge in [-0.2, -0.15) is 4.74 Å². The average molecular weight is 286 g/mol. The molecule has 108 valence electrons. The molecule has 0 fully saturated rings. The number of benzene rings is 1. The van der Waals surface area contributed by atoms with Gasteiger partial charge in [-0.15, -0.1) is 0 Å². The second kappa shape index (κ2) is 3.90. The molecule has 2 heterocycles. The fourth-order valence-electron chi connectivity index (χ4n) is 3.32. The van der Waals surface area contributed by atoms with E-state index in [1.54, 1.807) is 0 Å². The maximum atomic E-state index is 12.7. The number of nitrogens with two attached hydrogens (primary N) is 1. The summed E-state index contributed by atoms with van der Waals surface area (Å²) in [6, 6.07) is 9.20. The Hall–Kier alpha value is -2.25. The van der Waals surface area contributed by atoms with E-state index >= 15 is 0 Å². The summed E-state index contributed by atoms with van der Waals surface area (Å²) in [7, 11) is 0. The lowest BCUT2D eigenvalue weighted by Crippen LogP contribution is -2.62. The van der Waals surface area contributed by atoms with Crippen molar-refractivity contribution in [2.45, 2.75) is 30.5 Å². The van der Waals surface area contributed by atoms with E-state index in [2.05, 4.69) is 10.3 Å². The van der Waals surface area contributed by atoms with Crippen LogP contribution in [0.5, 0.6) is 0 Å². The zero-order valence-electron chi connectivity index (χ0n) is 11.2. The van der Waals surface area contributed by atoms with Crippen molar-refractivity contribution in [1.29, 1.82) is 0 Å². The molecule has 7 nitrogen and oxygen atoms in total. The highest BCUT2D eigenvalue weighted by molar-refractivity contribution is 5.99. The van der Waals surface area contributed by atoms with Crippen LogP contribution >= 0.6 is 0 Å². The summed E-state index contributed by atoms with van der Waals surface area (Å²) in [6.45, 7) is 0. The van der Waals surface area contributed by atoms with E-state index in [1.807, 2.05) is 30.3 Å². The molecule has 2 atom stereocenters. The van der Waals surface area contributed by atoms with Crippen LogP contribution in [0.2, 0.25) is 0 Å². The fourth-order valence-corrected chi connectivity index (χ4v) is 3.32. The van der Waals surface area contributed by atoms with Gasteiger partial charge in [0.2, 0.25) is 5.60 Å². The number of hydroxylamine groups is 1. The average Bonchev–Trinajstić information content (AvgIpc) is 3.05. The first-order valence-electron chi connectivity index (χ1n) is 6.78. The number of hydrogen-bond acceptors (Lipinski definition) is 6. The van der Waals surface area contributed by atoms with Crippen molar-refractivity contribution in [3.63, 3.8) is 0 Å². The van der Waals surface area contributed by atoms with E-state index in [4.69, 9.17) is 10.4 Å². The Labute approximate surface area is 120 Å². The highest BCUT2D eigenvalue weighted by atomic mass is 16.6. The highest BCUT2D eigenvalue weighted by Gasteiger charge is 2.67. The third kappa shape index (κ3) is 1.42. The van der Waals surface area contributed by atoms with Gasteiger partial charge in [-0.3, -0.25) is 5.73 Å². The maximum absolute atomic E-state index is 12.7. The normalized spacial score (nSPS) is 31.1. The molecule has 0 amide bonds. The van der Waals surface area contributed by atoms with E-state index in [0.29, 0.717) is 24.2 Å². The van der Waals surface area contributed by atoms with Gasteiger partial charge in [-0.1, -0.05) is 28.5 Å². The summed E-state index contributed by atoms with van der Waals surface area (Å²) in [6.07, 6.45) is 0.848. The van der Waals surface area contributed by atoms with Crippen LogP contribution in [0, 0.1) is 5.21 Å². The minimum atomic E-state index is -1.58. The van der Waals surface area contributed by atoms with Gasteiger partial charge in [0.1, 0.15) is 11.4 Å². The van der Waals surface area contributed by atoms with Crippen LogP contribution in [0.15, 0.2) is 35.0 Å². The van der Waals surface area contributed by atoms with E-state index in [0.717, 1.165) is 10.3 Å². The van der Waals surface area contributed by atoms with Gasteiger partial charge < -0.3 is 10.3 Å². The van der Waals surface area contributed by atoms with Gasteiger partial charge in [-0.25, -0.2) is 4.63 Å². The summed E-state index contributed by atoms with van der Waals surface area (Å²) in [4.78, 5) is 0. The van der Waals surface area contributed by atoms with Gasteiger partial charge in [-0.05, 0) is 12.1 Å². The quantitative estimate of drug-likeness (QED) is 0.574. The topological polar surface area (TPSA) is 111 Å². The largest absolute Gasteiger partial charge is 0.622 e. The van der Waals surface area contributed by atoms with Crippen molar-refractivity contribution >= 4 is 5.71 Å². The predicted molar refractivity (Wildman–Crippen MR) is 72.2 cm³/mol. The molecule has 0 saturated heterocycles. The predicted octanol–water partition coefficient (Wildman–Crippen LogP) is 0.262. The van der Waals surface area contributed by atoms with Gasteiger partial charge in [0, 0.05) is 18.4 Å². The molecule has 1 aromatic carbocycles. The summed E-state index contributed by atoms with van der Waals surface area (Å²) < 4.78 is 5.45. The second-order valence-electron chi connectivity index (χ2n) is 5.63. The number of fused-ring (bicyclic) bond motifs is 3. The number of aromatic nitrogens is 2. The third-order valence-electron chi connectivity index (χ3n) is 4.55. The number of rotatable bonds is 1. The first-order valence-corrected chi connectivity index (χ1v) is 6.78. The van der Waals surface area contributed by atoms with Crippen molar-refractivity contribution in [1.82, 2.24) is 10.3 Å². The van der Waals surface area contributed by atoms with E-state index in [-0.39, 0.29) is 12.1 Å². The smallest absolute Gasteiger partial charge is 0.260 e. The number of hydrogen-bond donors (Lipinski definition) is 2. The first kappa shape index (κ1) is 12.5. The summed E-state index contributed by atoms with van der Waals surface area (Å²) >= 11 is 0. The lowest BCUT2D eigenvalue weighted by Gasteiger charge is -2.37. The lowest BCUT2D eigenvalue weighted by atomic mass is 9.75. The lowest BCUT2D eigenvalue weighted by molar-refractivity contribution is -0.566. The molecule has 2 aliphatic rings. The van der Waals surface area contributed by atoms with Gasteiger partial charge in [0.05, 0.1) is 6.42 Å². The van der Waals surface area contributed by atoms with Crippen LogP contribution in [-0.2, 0) is 12.0 Å². The molecule has 0 spiro atoms. The van der Waals surface area contributed by atoms with E-state index in [9.17, 15) is 10.3 Å². The van der Waals surface area contributed by atoms with E-state index in [1.165, 1.54) is 0 Å². The number of aryl methyl sites for hydroxylation is 1. The molecule has 1 aliphatic carbocycles. The van der Waals surface area contributed by atoms with Gasteiger partial charge in [0.15, 0.2) is 5.71 Å². The van der Waals surface area contributed by atoms with E-state index < -0.39 is 11.3 Å². The SMILES string of the molecule is N[C@]12CCc3nonc3[C@]1(O)CC(c1ccccc1)=[N+]2[O-]. The van der Waals surface area contributed by atoms with Crippen molar-refractivity contribution in [3.05, 3.63) is 52.5 Å². The van der Waals surface area contributed by atoms with Crippen LogP contribution in [-0.4, -0.2) is 31.5 Å². The molecule has 2 aromatic rings. The molecule has 0 bridgehead atoms. The fraction of sp³-hybridized carbons (Fsp3) is 0.357.